The fraction of sp³-hybridized carbons (Fsp3) is 0.300. The van der Waals surface area contributed by atoms with Crippen LogP contribution in [0.2, 0.25) is 0 Å². The predicted octanol–water partition coefficient (Wildman–Crippen LogP) is 6.98. The van der Waals surface area contributed by atoms with Crippen LogP contribution in [0.3, 0.4) is 0 Å². The number of hydrogen-bond acceptors (Lipinski definition) is 7. The quantitative estimate of drug-likeness (QED) is 0.208. The summed E-state index contributed by atoms with van der Waals surface area (Å²) in [6.07, 6.45) is 0.862. The number of hydrogen-bond donors (Lipinski definition) is 0. The molecule has 6 rings (SSSR count). The molecule has 1 saturated heterocycles. The van der Waals surface area contributed by atoms with Crippen LogP contribution in [-0.4, -0.2) is 60.2 Å². The molecule has 3 aromatic heterocycles. The van der Waals surface area contributed by atoms with Crippen LogP contribution in [0.5, 0.6) is 0 Å². The number of morpholine rings is 1. The highest BCUT2D eigenvalue weighted by Gasteiger charge is 2.25. The Labute approximate surface area is 242 Å². The standard InChI is InChI=1S/C30H30N4O2S2.ClH/c1-20-17-25-28(18-21(20)2)38-30(32-25)34(11-6-10-33-12-14-36-15-13-33)29(35)23-19-26(27-9-5-16-37-27)31-24-8-4-3-7-22(23)24;/h3-5,7-9,16-19H,6,10-15H2,1-2H3;1H. The summed E-state index contributed by atoms with van der Waals surface area (Å²) in [5, 5.41) is 3.65. The van der Waals surface area contributed by atoms with E-state index >= 15 is 0 Å². The summed E-state index contributed by atoms with van der Waals surface area (Å²) in [6, 6.07) is 18.2. The average molecular weight is 579 g/mol. The Morgan fingerprint density at radius 1 is 1.00 bits per heavy atom. The van der Waals surface area contributed by atoms with Crippen molar-refractivity contribution in [1.29, 1.82) is 0 Å². The van der Waals surface area contributed by atoms with Crippen molar-refractivity contribution in [2.75, 3.05) is 44.3 Å². The molecule has 202 valence electrons. The van der Waals surface area contributed by atoms with E-state index in [-0.39, 0.29) is 18.3 Å². The van der Waals surface area contributed by atoms with Gasteiger partial charge in [0.25, 0.3) is 5.91 Å². The highest BCUT2D eigenvalue weighted by molar-refractivity contribution is 7.22. The number of carbonyl (C=O) groups is 1. The lowest BCUT2D eigenvalue weighted by Gasteiger charge is -2.28. The molecule has 1 aliphatic heterocycles. The molecule has 1 aliphatic rings. The topological polar surface area (TPSA) is 58.6 Å². The molecule has 0 radical (unpaired) electrons. The minimum atomic E-state index is -0.0316. The number of halogens is 1. The second-order valence-electron chi connectivity index (χ2n) is 9.71. The van der Waals surface area contributed by atoms with Crippen molar-refractivity contribution >= 4 is 67.2 Å². The van der Waals surface area contributed by atoms with Crippen molar-refractivity contribution in [3.63, 3.8) is 0 Å². The normalized spacial score (nSPS) is 14.0. The average Bonchev–Trinajstić information content (AvgIpc) is 3.62. The van der Waals surface area contributed by atoms with Crippen LogP contribution < -0.4 is 4.90 Å². The number of thiazole rings is 1. The lowest BCUT2D eigenvalue weighted by atomic mass is 10.1. The maximum absolute atomic E-state index is 14.4. The van der Waals surface area contributed by atoms with Gasteiger partial charge in [0, 0.05) is 31.6 Å². The van der Waals surface area contributed by atoms with Gasteiger partial charge in [0.05, 0.1) is 45.1 Å². The van der Waals surface area contributed by atoms with Crippen LogP contribution in [0.4, 0.5) is 5.13 Å². The molecule has 2 aromatic carbocycles. The number of thiophene rings is 1. The lowest BCUT2D eigenvalue weighted by Crippen LogP contribution is -2.39. The third-order valence-electron chi connectivity index (χ3n) is 7.15. The number of aryl methyl sites for hydroxylation is 2. The molecule has 0 unspecified atom stereocenters. The maximum atomic E-state index is 14.4. The maximum Gasteiger partial charge on any atom is 0.260 e. The molecule has 0 N–H and O–H groups in total. The van der Waals surface area contributed by atoms with Gasteiger partial charge < -0.3 is 4.74 Å². The Morgan fingerprint density at radius 2 is 1.79 bits per heavy atom. The monoisotopic (exact) mass is 578 g/mol. The molecule has 0 bridgehead atoms. The summed E-state index contributed by atoms with van der Waals surface area (Å²) in [7, 11) is 0. The Balaban J connectivity index is 0.00000308. The Bertz CT molecular complexity index is 1560. The zero-order chi connectivity index (χ0) is 26.1. The smallest absolute Gasteiger partial charge is 0.260 e. The number of nitrogens with zero attached hydrogens (tertiary/aromatic N) is 4. The summed E-state index contributed by atoms with van der Waals surface area (Å²) in [5.41, 5.74) is 5.70. The van der Waals surface area contributed by atoms with Crippen LogP contribution in [-0.2, 0) is 4.74 Å². The van der Waals surface area contributed by atoms with Crippen LogP contribution in [0.15, 0.2) is 60.0 Å². The van der Waals surface area contributed by atoms with Gasteiger partial charge in [-0.1, -0.05) is 35.6 Å². The van der Waals surface area contributed by atoms with E-state index in [0.717, 1.165) is 76.1 Å². The van der Waals surface area contributed by atoms with E-state index in [1.54, 1.807) is 22.7 Å². The van der Waals surface area contributed by atoms with Crippen molar-refractivity contribution in [3.8, 4) is 10.6 Å². The van der Waals surface area contributed by atoms with Crippen molar-refractivity contribution < 1.29 is 9.53 Å². The first-order chi connectivity index (χ1) is 18.6. The molecule has 39 heavy (non-hydrogen) atoms. The summed E-state index contributed by atoms with van der Waals surface area (Å²) in [5.74, 6) is -0.0316. The van der Waals surface area contributed by atoms with Gasteiger partial charge in [-0.05, 0) is 67.1 Å². The van der Waals surface area contributed by atoms with Crippen molar-refractivity contribution in [1.82, 2.24) is 14.9 Å². The number of pyridine rings is 1. The third-order valence-corrected chi connectivity index (χ3v) is 9.08. The van der Waals surface area contributed by atoms with Crippen LogP contribution in [0.25, 0.3) is 31.7 Å². The molecular formula is C30H31ClN4O2S2. The molecule has 0 aliphatic carbocycles. The highest BCUT2D eigenvalue weighted by atomic mass is 35.5. The summed E-state index contributed by atoms with van der Waals surface area (Å²) in [4.78, 5) is 29.6. The molecule has 9 heteroatoms. The van der Waals surface area contributed by atoms with E-state index in [2.05, 4.69) is 30.9 Å². The van der Waals surface area contributed by atoms with Gasteiger partial charge in [-0.3, -0.25) is 14.6 Å². The Kier molecular flexibility index (Phi) is 8.59. The van der Waals surface area contributed by atoms with E-state index < -0.39 is 0 Å². The number of amides is 1. The zero-order valence-corrected chi connectivity index (χ0v) is 24.5. The van der Waals surface area contributed by atoms with E-state index in [0.29, 0.717) is 12.1 Å². The highest BCUT2D eigenvalue weighted by Crippen LogP contribution is 2.34. The van der Waals surface area contributed by atoms with E-state index in [1.165, 1.54) is 11.1 Å². The third kappa shape index (κ3) is 5.85. The van der Waals surface area contributed by atoms with Crippen LogP contribution in [0, 0.1) is 13.8 Å². The van der Waals surface area contributed by atoms with Crippen LogP contribution >= 0.6 is 35.1 Å². The minimum absolute atomic E-state index is 0. The second-order valence-corrected chi connectivity index (χ2v) is 11.7. The second kappa shape index (κ2) is 12.1. The van der Waals surface area contributed by atoms with E-state index in [4.69, 9.17) is 14.7 Å². The number of benzene rings is 2. The molecular weight excluding hydrogens is 548 g/mol. The van der Waals surface area contributed by atoms with Gasteiger partial charge in [-0.15, -0.1) is 23.7 Å². The van der Waals surface area contributed by atoms with Gasteiger partial charge in [-0.2, -0.15) is 0 Å². The SMILES string of the molecule is Cc1cc2nc(N(CCCN3CCOCC3)C(=O)c3cc(-c4cccs4)nc4ccccc34)sc2cc1C.Cl. The van der Waals surface area contributed by atoms with Gasteiger partial charge in [0.1, 0.15) is 0 Å². The first kappa shape index (κ1) is 27.7. The Morgan fingerprint density at radius 3 is 2.59 bits per heavy atom. The van der Waals surface area contributed by atoms with Crippen molar-refractivity contribution in [3.05, 3.63) is 76.7 Å². The largest absolute Gasteiger partial charge is 0.379 e. The Hall–Kier alpha value is -2.88. The molecule has 0 spiro atoms. The number of fused-ring (bicyclic) bond motifs is 2. The summed E-state index contributed by atoms with van der Waals surface area (Å²) >= 11 is 3.22. The molecule has 0 saturated carbocycles. The van der Waals surface area contributed by atoms with Crippen LogP contribution in [0.1, 0.15) is 27.9 Å². The van der Waals surface area contributed by atoms with Gasteiger partial charge in [0.2, 0.25) is 0 Å². The fourth-order valence-corrected chi connectivity index (χ4v) is 6.65. The molecule has 1 fully saturated rings. The molecule has 5 aromatic rings. The molecule has 0 atom stereocenters. The van der Waals surface area contributed by atoms with E-state index in [9.17, 15) is 4.79 Å². The van der Waals surface area contributed by atoms with Gasteiger partial charge in [-0.25, -0.2) is 9.97 Å². The van der Waals surface area contributed by atoms with Crippen molar-refractivity contribution in [2.45, 2.75) is 20.3 Å². The predicted molar refractivity (Wildman–Crippen MR) is 165 cm³/mol. The van der Waals surface area contributed by atoms with Gasteiger partial charge in [0.15, 0.2) is 5.13 Å². The fourth-order valence-electron chi connectivity index (χ4n) is 4.89. The molecule has 6 nitrogen and oxygen atoms in total. The summed E-state index contributed by atoms with van der Waals surface area (Å²) in [6.45, 7) is 9.16. The molecule has 1 amide bonds. The number of carbonyl (C=O) groups excluding carboxylic acids is 1. The zero-order valence-electron chi connectivity index (χ0n) is 22.1. The number of aromatic nitrogens is 2. The lowest BCUT2D eigenvalue weighted by molar-refractivity contribution is 0.0376. The van der Waals surface area contributed by atoms with Gasteiger partial charge >= 0.3 is 0 Å². The first-order valence-electron chi connectivity index (χ1n) is 13.0. The number of anilines is 1. The first-order valence-corrected chi connectivity index (χ1v) is 14.7. The summed E-state index contributed by atoms with van der Waals surface area (Å²) < 4.78 is 6.61. The number of ether oxygens (including phenoxy) is 1. The number of para-hydroxylation sites is 1. The van der Waals surface area contributed by atoms with Crippen molar-refractivity contribution in [2.24, 2.45) is 0 Å². The minimum Gasteiger partial charge on any atom is -0.379 e. The van der Waals surface area contributed by atoms with E-state index in [1.807, 2.05) is 52.7 Å². The molecule has 4 heterocycles. The number of rotatable bonds is 7.